The number of carbonyl (C=O) groups is 1. The first-order valence-electron chi connectivity index (χ1n) is 5.95. The summed E-state index contributed by atoms with van der Waals surface area (Å²) in [5.74, 6) is -1.37. The lowest BCUT2D eigenvalue weighted by Crippen LogP contribution is -2.33. The lowest BCUT2D eigenvalue weighted by atomic mass is 10.0. The highest BCUT2D eigenvalue weighted by Gasteiger charge is 2.37. The van der Waals surface area contributed by atoms with E-state index >= 15 is 0 Å². The van der Waals surface area contributed by atoms with Gasteiger partial charge in [-0.3, -0.25) is 14.9 Å². The van der Waals surface area contributed by atoms with Crippen molar-refractivity contribution in [1.82, 2.24) is 0 Å². The highest BCUT2D eigenvalue weighted by molar-refractivity contribution is 6.39. The van der Waals surface area contributed by atoms with E-state index in [1.165, 1.54) is 12.1 Å². The maximum atomic E-state index is 11.1. The lowest BCUT2D eigenvalue weighted by Gasteiger charge is -2.27. The number of non-ortho nitro benzene ring substituents is 1. The summed E-state index contributed by atoms with van der Waals surface area (Å²) in [6, 6.07) is 2.18. The fourth-order valence-electron chi connectivity index (χ4n) is 2.52. The van der Waals surface area contributed by atoms with Crippen LogP contribution in [0.3, 0.4) is 0 Å². The van der Waals surface area contributed by atoms with Gasteiger partial charge in [0.1, 0.15) is 0 Å². The van der Waals surface area contributed by atoms with E-state index in [1.807, 2.05) is 0 Å². The molecule has 2 rings (SSSR count). The molecule has 0 aliphatic carbocycles. The molecule has 1 aromatic rings. The zero-order valence-corrected chi connectivity index (χ0v) is 12.1. The molecule has 2 atom stereocenters. The van der Waals surface area contributed by atoms with E-state index in [9.17, 15) is 14.9 Å². The fourth-order valence-corrected chi connectivity index (χ4v) is 3.21. The van der Waals surface area contributed by atoms with Crippen molar-refractivity contribution in [3.63, 3.8) is 0 Å². The number of carboxylic acids is 1. The third-order valence-electron chi connectivity index (χ3n) is 3.57. The third-order valence-corrected chi connectivity index (χ3v) is 4.15. The quantitative estimate of drug-likeness (QED) is 0.683. The van der Waals surface area contributed by atoms with Gasteiger partial charge in [0.2, 0.25) is 0 Å². The Morgan fingerprint density at radius 2 is 2.00 bits per heavy atom. The SMILES string of the molecule is CC1C(C(=O)O)CCN1c1c(Cl)cc([N+](=O)[O-])cc1Cl. The normalized spacial score (nSPS) is 22.1. The molecule has 108 valence electrons. The number of hydrogen-bond acceptors (Lipinski definition) is 4. The molecule has 0 radical (unpaired) electrons. The minimum Gasteiger partial charge on any atom is -0.481 e. The molecule has 6 nitrogen and oxygen atoms in total. The highest BCUT2D eigenvalue weighted by atomic mass is 35.5. The Kier molecular flexibility index (Phi) is 4.06. The fraction of sp³-hybridized carbons (Fsp3) is 0.417. The zero-order valence-electron chi connectivity index (χ0n) is 10.5. The molecule has 1 N–H and O–H groups in total. The molecule has 1 aliphatic heterocycles. The molecule has 0 aromatic heterocycles. The van der Waals surface area contributed by atoms with E-state index in [1.54, 1.807) is 11.8 Å². The highest BCUT2D eigenvalue weighted by Crippen LogP contribution is 2.41. The van der Waals surface area contributed by atoms with E-state index in [0.29, 0.717) is 18.7 Å². The van der Waals surface area contributed by atoms with Crippen LogP contribution in [-0.4, -0.2) is 28.6 Å². The number of benzene rings is 1. The number of nitro benzene ring substituents is 1. The van der Waals surface area contributed by atoms with Gasteiger partial charge in [-0.2, -0.15) is 0 Å². The second-order valence-electron chi connectivity index (χ2n) is 4.68. The number of hydrogen-bond donors (Lipinski definition) is 1. The molecular weight excluding hydrogens is 307 g/mol. The summed E-state index contributed by atoms with van der Waals surface area (Å²) in [4.78, 5) is 23.1. The first kappa shape index (κ1) is 14.9. The maximum absolute atomic E-state index is 11.1. The molecule has 1 aliphatic rings. The number of halogens is 2. The van der Waals surface area contributed by atoms with Gasteiger partial charge in [0, 0.05) is 24.7 Å². The van der Waals surface area contributed by atoms with E-state index in [4.69, 9.17) is 28.3 Å². The molecule has 0 bridgehead atoms. The molecule has 1 heterocycles. The van der Waals surface area contributed by atoms with Crippen LogP contribution in [-0.2, 0) is 4.79 Å². The molecule has 1 aromatic carbocycles. The van der Waals surface area contributed by atoms with Gasteiger partial charge in [-0.25, -0.2) is 0 Å². The predicted octanol–water partition coefficient (Wildman–Crippen LogP) is 3.20. The van der Waals surface area contributed by atoms with E-state index < -0.39 is 16.8 Å². The van der Waals surface area contributed by atoms with Crippen molar-refractivity contribution in [2.45, 2.75) is 19.4 Å². The topological polar surface area (TPSA) is 83.7 Å². The van der Waals surface area contributed by atoms with Crippen molar-refractivity contribution in [3.8, 4) is 0 Å². The van der Waals surface area contributed by atoms with Crippen LogP contribution in [0.15, 0.2) is 12.1 Å². The van der Waals surface area contributed by atoms with Gasteiger partial charge >= 0.3 is 5.97 Å². The predicted molar refractivity (Wildman–Crippen MR) is 75.7 cm³/mol. The van der Waals surface area contributed by atoms with Crippen LogP contribution in [0, 0.1) is 16.0 Å². The van der Waals surface area contributed by atoms with Crippen LogP contribution in [0.1, 0.15) is 13.3 Å². The number of rotatable bonds is 3. The molecule has 0 amide bonds. The molecule has 1 saturated heterocycles. The number of aliphatic carboxylic acids is 1. The minimum atomic E-state index is -0.867. The molecule has 0 saturated carbocycles. The second kappa shape index (κ2) is 5.46. The van der Waals surface area contributed by atoms with Crippen molar-refractivity contribution in [1.29, 1.82) is 0 Å². The Labute approximate surface area is 125 Å². The van der Waals surface area contributed by atoms with Crippen LogP contribution >= 0.6 is 23.2 Å². The number of nitro groups is 1. The summed E-state index contributed by atoms with van der Waals surface area (Å²) in [5.41, 5.74) is 0.264. The van der Waals surface area contributed by atoms with Crippen LogP contribution in [0.4, 0.5) is 11.4 Å². The van der Waals surface area contributed by atoms with Gasteiger partial charge in [-0.1, -0.05) is 23.2 Å². The summed E-state index contributed by atoms with van der Waals surface area (Å²) in [6.45, 7) is 2.27. The van der Waals surface area contributed by atoms with Crippen LogP contribution in [0.2, 0.25) is 10.0 Å². The lowest BCUT2D eigenvalue weighted by molar-refractivity contribution is -0.384. The first-order chi connectivity index (χ1) is 9.32. The van der Waals surface area contributed by atoms with E-state index in [2.05, 4.69) is 0 Å². The van der Waals surface area contributed by atoms with Gasteiger partial charge in [0.15, 0.2) is 0 Å². The zero-order chi connectivity index (χ0) is 15.0. The Morgan fingerprint density at radius 3 is 2.40 bits per heavy atom. The maximum Gasteiger partial charge on any atom is 0.308 e. The standard InChI is InChI=1S/C12H12Cl2N2O4/c1-6-8(12(17)18)2-3-15(6)11-9(13)4-7(16(19)20)5-10(11)14/h4-6,8H,2-3H2,1H3,(H,17,18). The third kappa shape index (κ3) is 2.53. The van der Waals surface area contributed by atoms with Crippen LogP contribution in [0.5, 0.6) is 0 Å². The first-order valence-corrected chi connectivity index (χ1v) is 6.71. The van der Waals surface area contributed by atoms with Gasteiger partial charge < -0.3 is 10.0 Å². The number of anilines is 1. The van der Waals surface area contributed by atoms with Gasteiger partial charge in [0.25, 0.3) is 5.69 Å². The smallest absolute Gasteiger partial charge is 0.308 e. The van der Waals surface area contributed by atoms with Crippen molar-refractivity contribution >= 4 is 40.5 Å². The molecule has 0 spiro atoms. The van der Waals surface area contributed by atoms with Crippen molar-refractivity contribution < 1.29 is 14.8 Å². The van der Waals surface area contributed by atoms with Crippen molar-refractivity contribution in [2.75, 3.05) is 11.4 Å². The van der Waals surface area contributed by atoms with Gasteiger partial charge in [0.05, 0.1) is 26.6 Å². The Balaban J connectivity index is 2.39. The Bertz CT molecular complexity index is 556. The summed E-state index contributed by atoms with van der Waals surface area (Å²) in [6.07, 6.45) is 0.486. The van der Waals surface area contributed by atoms with Crippen LogP contribution < -0.4 is 4.90 Å². The van der Waals surface area contributed by atoms with Gasteiger partial charge in [-0.05, 0) is 13.3 Å². The molecule has 8 heteroatoms. The largest absolute Gasteiger partial charge is 0.481 e. The summed E-state index contributed by atoms with van der Waals surface area (Å²) in [5, 5.41) is 20.2. The molecule has 20 heavy (non-hydrogen) atoms. The number of carboxylic acid groups (broad SMARTS) is 1. The average Bonchev–Trinajstić information content (AvgIpc) is 2.70. The summed E-state index contributed by atoms with van der Waals surface area (Å²) >= 11 is 12.1. The second-order valence-corrected chi connectivity index (χ2v) is 5.50. The van der Waals surface area contributed by atoms with Crippen molar-refractivity contribution in [3.05, 3.63) is 32.3 Å². The Hall–Kier alpha value is -1.53. The number of nitrogens with zero attached hydrogens (tertiary/aromatic N) is 2. The summed E-state index contributed by atoms with van der Waals surface area (Å²) in [7, 11) is 0. The molecule has 1 fully saturated rings. The van der Waals surface area contributed by atoms with Crippen LogP contribution in [0.25, 0.3) is 0 Å². The molecular formula is C12H12Cl2N2O4. The average molecular weight is 319 g/mol. The molecule has 2 unspecified atom stereocenters. The van der Waals surface area contributed by atoms with Crippen molar-refractivity contribution in [2.24, 2.45) is 5.92 Å². The minimum absolute atomic E-state index is 0.155. The van der Waals surface area contributed by atoms with E-state index in [0.717, 1.165) is 0 Å². The van der Waals surface area contributed by atoms with Gasteiger partial charge in [-0.15, -0.1) is 0 Å². The monoisotopic (exact) mass is 318 g/mol. The summed E-state index contributed by atoms with van der Waals surface area (Å²) < 4.78 is 0. The Morgan fingerprint density at radius 1 is 1.45 bits per heavy atom. The van der Waals surface area contributed by atoms with E-state index in [-0.39, 0.29) is 21.8 Å².